The Balaban J connectivity index is 1.79. The molecule has 3 N–H and O–H groups in total. The molecule has 0 aliphatic heterocycles. The van der Waals surface area contributed by atoms with Crippen molar-refractivity contribution in [3.8, 4) is 5.75 Å². The lowest BCUT2D eigenvalue weighted by Gasteiger charge is -2.12. The van der Waals surface area contributed by atoms with E-state index in [1.807, 2.05) is 30.3 Å². The van der Waals surface area contributed by atoms with Gasteiger partial charge in [-0.15, -0.1) is 0 Å². The molecule has 2 aromatic carbocycles. The van der Waals surface area contributed by atoms with Crippen molar-refractivity contribution in [2.24, 2.45) is 0 Å². The Labute approximate surface area is 147 Å². The predicted molar refractivity (Wildman–Crippen MR) is 100 cm³/mol. The van der Waals surface area contributed by atoms with Gasteiger partial charge in [0.15, 0.2) is 5.11 Å². The second-order valence-electron chi connectivity index (χ2n) is 5.13. The third-order valence-corrected chi connectivity index (χ3v) is 3.41. The Morgan fingerprint density at radius 3 is 2.46 bits per heavy atom. The number of hydrogen-bond donors (Lipinski definition) is 3. The van der Waals surface area contributed by atoms with Crippen LogP contribution in [-0.2, 0) is 0 Å². The zero-order chi connectivity index (χ0) is 17.2. The van der Waals surface area contributed by atoms with Gasteiger partial charge in [-0.25, -0.2) is 0 Å². The number of rotatable bonds is 7. The summed E-state index contributed by atoms with van der Waals surface area (Å²) in [5, 5.41) is 2.82. The van der Waals surface area contributed by atoms with Gasteiger partial charge in [-0.3, -0.25) is 21.0 Å². The second-order valence-corrected chi connectivity index (χ2v) is 5.53. The topological polar surface area (TPSA) is 62.4 Å². The third-order valence-electron chi connectivity index (χ3n) is 3.20. The number of carbonyl (C=O) groups excluding carboxylic acids is 1. The van der Waals surface area contributed by atoms with Crippen molar-refractivity contribution in [1.82, 2.24) is 10.7 Å². The molecule has 0 aliphatic rings. The molecule has 2 aromatic rings. The standard InChI is InChI=1S/C18H21N3O2S/c1-2-3-13-23-16-11-9-14(10-12-16)17(22)19-18(24)21-20-15-7-5-4-6-8-15/h4-12,20H,2-3,13H2,1H3,(H2,19,21,22,24). The average Bonchev–Trinajstić information content (AvgIpc) is 2.61. The molecule has 0 unspecified atom stereocenters. The maximum Gasteiger partial charge on any atom is 0.257 e. The Morgan fingerprint density at radius 2 is 1.79 bits per heavy atom. The molecule has 5 nitrogen and oxygen atoms in total. The van der Waals surface area contributed by atoms with Gasteiger partial charge in [0.25, 0.3) is 5.91 Å². The fourth-order valence-corrected chi connectivity index (χ4v) is 2.04. The van der Waals surface area contributed by atoms with Gasteiger partial charge >= 0.3 is 0 Å². The van der Waals surface area contributed by atoms with Crippen molar-refractivity contribution in [3.05, 3.63) is 60.2 Å². The number of nitrogens with one attached hydrogen (secondary N) is 3. The minimum atomic E-state index is -0.275. The van der Waals surface area contributed by atoms with Crippen molar-refractivity contribution in [2.75, 3.05) is 12.0 Å². The number of hydrazine groups is 1. The molecule has 0 saturated carbocycles. The van der Waals surface area contributed by atoms with E-state index >= 15 is 0 Å². The van der Waals surface area contributed by atoms with E-state index in [1.54, 1.807) is 24.3 Å². The number of ether oxygens (including phenoxy) is 1. The number of anilines is 1. The van der Waals surface area contributed by atoms with E-state index in [9.17, 15) is 4.79 Å². The van der Waals surface area contributed by atoms with Crippen molar-refractivity contribution in [1.29, 1.82) is 0 Å². The molecule has 0 aliphatic carbocycles. The molecule has 0 radical (unpaired) electrons. The van der Waals surface area contributed by atoms with Crippen LogP contribution in [0.15, 0.2) is 54.6 Å². The van der Waals surface area contributed by atoms with Gasteiger partial charge in [0.2, 0.25) is 0 Å². The molecule has 0 fully saturated rings. The number of amides is 1. The highest BCUT2D eigenvalue weighted by Crippen LogP contribution is 2.12. The van der Waals surface area contributed by atoms with Crippen molar-refractivity contribution in [3.63, 3.8) is 0 Å². The Morgan fingerprint density at radius 1 is 1.08 bits per heavy atom. The van der Waals surface area contributed by atoms with Crippen LogP contribution in [0.3, 0.4) is 0 Å². The monoisotopic (exact) mass is 343 g/mol. The van der Waals surface area contributed by atoms with E-state index in [4.69, 9.17) is 17.0 Å². The summed E-state index contributed by atoms with van der Waals surface area (Å²) < 4.78 is 5.57. The van der Waals surface area contributed by atoms with E-state index < -0.39 is 0 Å². The first kappa shape index (κ1) is 17.7. The van der Waals surface area contributed by atoms with Gasteiger partial charge in [-0.05, 0) is 55.0 Å². The normalized spacial score (nSPS) is 9.88. The quantitative estimate of drug-likeness (QED) is 0.408. The van der Waals surface area contributed by atoms with Gasteiger partial charge in [0.05, 0.1) is 12.3 Å². The number of benzene rings is 2. The molecule has 0 bridgehead atoms. The first-order chi connectivity index (χ1) is 11.7. The summed E-state index contributed by atoms with van der Waals surface area (Å²) in [4.78, 5) is 12.1. The Kier molecular flexibility index (Phi) is 7.04. The smallest absolute Gasteiger partial charge is 0.257 e. The largest absolute Gasteiger partial charge is 0.494 e. The molecular formula is C18H21N3O2S. The highest BCUT2D eigenvalue weighted by Gasteiger charge is 2.07. The third kappa shape index (κ3) is 5.89. The first-order valence-electron chi connectivity index (χ1n) is 7.84. The summed E-state index contributed by atoms with van der Waals surface area (Å²) >= 11 is 5.10. The van der Waals surface area contributed by atoms with Crippen LogP contribution in [0, 0.1) is 0 Å². The Hall–Kier alpha value is -2.60. The number of unbranched alkanes of at least 4 members (excludes halogenated alkanes) is 1. The number of carbonyl (C=O) groups is 1. The maximum atomic E-state index is 12.1. The second kappa shape index (κ2) is 9.52. The predicted octanol–water partition coefficient (Wildman–Crippen LogP) is 3.50. The van der Waals surface area contributed by atoms with Crippen LogP contribution in [0.25, 0.3) is 0 Å². The molecule has 2 rings (SSSR count). The SMILES string of the molecule is CCCCOc1ccc(C(=O)NC(=S)NNc2ccccc2)cc1. The lowest BCUT2D eigenvalue weighted by molar-refractivity contribution is 0.0977. The molecule has 6 heteroatoms. The fraction of sp³-hybridized carbons (Fsp3) is 0.222. The zero-order valence-electron chi connectivity index (χ0n) is 13.5. The summed E-state index contributed by atoms with van der Waals surface area (Å²) in [5.74, 6) is 0.480. The van der Waals surface area contributed by atoms with Gasteiger partial charge in [0.1, 0.15) is 5.75 Å². The van der Waals surface area contributed by atoms with Gasteiger partial charge in [-0.2, -0.15) is 0 Å². The molecular weight excluding hydrogens is 322 g/mol. The lowest BCUT2D eigenvalue weighted by Crippen LogP contribution is -2.41. The van der Waals surface area contributed by atoms with Crippen LogP contribution in [0.2, 0.25) is 0 Å². The van der Waals surface area contributed by atoms with Crippen molar-refractivity contribution < 1.29 is 9.53 Å². The molecule has 0 atom stereocenters. The summed E-state index contributed by atoms with van der Waals surface area (Å²) in [5.41, 5.74) is 7.05. The minimum absolute atomic E-state index is 0.201. The van der Waals surface area contributed by atoms with Crippen LogP contribution < -0.4 is 20.9 Å². The molecule has 0 spiro atoms. The number of para-hydroxylation sites is 1. The van der Waals surface area contributed by atoms with Crippen LogP contribution in [-0.4, -0.2) is 17.6 Å². The highest BCUT2D eigenvalue weighted by molar-refractivity contribution is 7.80. The maximum absolute atomic E-state index is 12.1. The van der Waals surface area contributed by atoms with E-state index in [-0.39, 0.29) is 11.0 Å². The molecule has 1 amide bonds. The minimum Gasteiger partial charge on any atom is -0.494 e. The Bertz CT molecular complexity index is 660. The first-order valence-corrected chi connectivity index (χ1v) is 8.25. The van der Waals surface area contributed by atoms with Crippen molar-refractivity contribution >= 4 is 28.9 Å². The van der Waals surface area contributed by atoms with Gasteiger partial charge in [-0.1, -0.05) is 31.5 Å². The summed E-state index contributed by atoms with van der Waals surface area (Å²) in [6, 6.07) is 16.5. The van der Waals surface area contributed by atoms with E-state index in [0.717, 1.165) is 24.3 Å². The lowest BCUT2D eigenvalue weighted by atomic mass is 10.2. The summed E-state index contributed by atoms with van der Waals surface area (Å²) in [6.45, 7) is 2.79. The number of thiocarbonyl (C=S) groups is 1. The fourth-order valence-electron chi connectivity index (χ4n) is 1.89. The molecule has 126 valence electrons. The van der Waals surface area contributed by atoms with E-state index in [0.29, 0.717) is 12.2 Å². The van der Waals surface area contributed by atoms with E-state index in [1.165, 1.54) is 0 Å². The summed E-state index contributed by atoms with van der Waals surface area (Å²) in [7, 11) is 0. The van der Waals surface area contributed by atoms with Crippen LogP contribution >= 0.6 is 12.2 Å². The van der Waals surface area contributed by atoms with Crippen LogP contribution in [0.1, 0.15) is 30.1 Å². The van der Waals surface area contributed by atoms with Crippen molar-refractivity contribution in [2.45, 2.75) is 19.8 Å². The highest BCUT2D eigenvalue weighted by atomic mass is 32.1. The van der Waals surface area contributed by atoms with Crippen LogP contribution in [0.4, 0.5) is 5.69 Å². The molecule has 0 heterocycles. The summed E-state index contributed by atoms with van der Waals surface area (Å²) in [6.07, 6.45) is 2.10. The zero-order valence-corrected chi connectivity index (χ0v) is 14.4. The van der Waals surface area contributed by atoms with Gasteiger partial charge in [0, 0.05) is 5.56 Å². The molecule has 24 heavy (non-hydrogen) atoms. The molecule has 0 saturated heterocycles. The number of hydrogen-bond acceptors (Lipinski definition) is 4. The van der Waals surface area contributed by atoms with Crippen LogP contribution in [0.5, 0.6) is 5.75 Å². The van der Waals surface area contributed by atoms with Gasteiger partial charge < -0.3 is 4.74 Å². The molecule has 0 aromatic heterocycles. The average molecular weight is 343 g/mol. The van der Waals surface area contributed by atoms with E-state index in [2.05, 4.69) is 23.1 Å².